The average Bonchev–Trinajstić information content (AvgIpc) is 1.88. The second kappa shape index (κ2) is 3.09. The summed E-state index contributed by atoms with van der Waals surface area (Å²) < 4.78 is 0. The summed E-state index contributed by atoms with van der Waals surface area (Å²) in [5.41, 5.74) is 2.43. The summed E-state index contributed by atoms with van der Waals surface area (Å²) in [6.07, 6.45) is 6.54. The molecular weight excluding hydrogens is 119 g/mol. The largest absolute Gasteiger partial charge is 0.117 e. The van der Waals surface area contributed by atoms with Crippen LogP contribution in [0.25, 0.3) is 0 Å². The molecule has 0 aromatic rings. The molecule has 0 fully saturated rings. The van der Waals surface area contributed by atoms with Crippen molar-refractivity contribution in [2.45, 2.75) is 26.7 Å². The molecule has 0 aromatic carbocycles. The highest BCUT2D eigenvalue weighted by Gasteiger charge is 2.03. The van der Waals surface area contributed by atoms with E-state index in [4.69, 9.17) is 7.85 Å². The second-order valence-corrected chi connectivity index (χ2v) is 3.12. The number of hydrogen-bond donors (Lipinski definition) is 0. The number of rotatable bonds is 1. The highest BCUT2D eigenvalue weighted by Crippen LogP contribution is 2.20. The topological polar surface area (TPSA) is 0 Å². The SMILES string of the molecule is [B]C1=CC(C(C)C)=CCC1. The van der Waals surface area contributed by atoms with E-state index in [0.717, 1.165) is 18.3 Å². The molecule has 0 nitrogen and oxygen atoms in total. The lowest BCUT2D eigenvalue weighted by atomic mass is 9.83. The third-order valence-electron chi connectivity index (χ3n) is 1.83. The number of hydrogen-bond acceptors (Lipinski definition) is 0. The van der Waals surface area contributed by atoms with Gasteiger partial charge in [-0.05, 0) is 18.8 Å². The molecule has 1 rings (SSSR count). The Morgan fingerprint density at radius 3 is 2.60 bits per heavy atom. The first-order valence-corrected chi connectivity index (χ1v) is 3.86. The molecule has 10 heavy (non-hydrogen) atoms. The molecule has 0 aliphatic heterocycles. The van der Waals surface area contributed by atoms with E-state index >= 15 is 0 Å². The van der Waals surface area contributed by atoms with Crippen molar-refractivity contribution in [1.82, 2.24) is 0 Å². The Balaban J connectivity index is 2.69. The maximum Gasteiger partial charge on any atom is 0.107 e. The Kier molecular flexibility index (Phi) is 2.36. The first kappa shape index (κ1) is 7.65. The van der Waals surface area contributed by atoms with Gasteiger partial charge in [0.25, 0.3) is 0 Å². The average molecular weight is 132 g/mol. The van der Waals surface area contributed by atoms with E-state index in [0.29, 0.717) is 5.92 Å². The van der Waals surface area contributed by atoms with Gasteiger partial charge in [-0.3, -0.25) is 0 Å². The van der Waals surface area contributed by atoms with Gasteiger partial charge in [0.1, 0.15) is 7.85 Å². The van der Waals surface area contributed by atoms with Crippen LogP contribution in [0.15, 0.2) is 23.2 Å². The molecule has 0 saturated carbocycles. The fourth-order valence-corrected chi connectivity index (χ4v) is 1.15. The molecule has 1 aliphatic rings. The predicted octanol–water partition coefficient (Wildman–Crippen LogP) is 2.42. The predicted molar refractivity (Wildman–Crippen MR) is 46.0 cm³/mol. The zero-order valence-electron chi connectivity index (χ0n) is 6.72. The van der Waals surface area contributed by atoms with Gasteiger partial charge in [0.15, 0.2) is 0 Å². The van der Waals surface area contributed by atoms with Crippen molar-refractivity contribution in [1.29, 1.82) is 0 Å². The summed E-state index contributed by atoms with van der Waals surface area (Å²) in [7, 11) is 5.68. The normalized spacial score (nSPS) is 18.7. The summed E-state index contributed by atoms with van der Waals surface area (Å²) in [5.74, 6) is 0.624. The van der Waals surface area contributed by atoms with Crippen LogP contribution in [0.3, 0.4) is 0 Å². The lowest BCUT2D eigenvalue weighted by molar-refractivity contribution is 0.771. The summed E-state index contributed by atoms with van der Waals surface area (Å²) >= 11 is 0. The van der Waals surface area contributed by atoms with Crippen LogP contribution in [0.2, 0.25) is 0 Å². The van der Waals surface area contributed by atoms with Gasteiger partial charge < -0.3 is 0 Å². The number of allylic oxidation sites excluding steroid dienone is 4. The minimum absolute atomic E-state index is 0.624. The van der Waals surface area contributed by atoms with Gasteiger partial charge in [-0.15, -0.1) is 5.47 Å². The van der Waals surface area contributed by atoms with Crippen molar-refractivity contribution in [2.24, 2.45) is 5.92 Å². The zero-order chi connectivity index (χ0) is 7.56. The van der Waals surface area contributed by atoms with E-state index in [1.54, 1.807) is 0 Å². The van der Waals surface area contributed by atoms with Crippen LogP contribution in [-0.4, -0.2) is 7.85 Å². The van der Waals surface area contributed by atoms with Crippen LogP contribution in [0.5, 0.6) is 0 Å². The Hall–Kier alpha value is -0.455. The van der Waals surface area contributed by atoms with Gasteiger partial charge in [-0.25, -0.2) is 0 Å². The Morgan fingerprint density at radius 2 is 2.20 bits per heavy atom. The van der Waals surface area contributed by atoms with Gasteiger partial charge in [-0.1, -0.05) is 31.6 Å². The molecule has 0 heterocycles. The molecule has 0 saturated heterocycles. The zero-order valence-corrected chi connectivity index (χ0v) is 6.72. The van der Waals surface area contributed by atoms with Crippen molar-refractivity contribution in [2.75, 3.05) is 0 Å². The minimum atomic E-state index is 0.624. The summed E-state index contributed by atoms with van der Waals surface area (Å²) in [5, 5.41) is 0. The van der Waals surface area contributed by atoms with Crippen LogP contribution in [0.1, 0.15) is 26.7 Å². The smallest absolute Gasteiger partial charge is 0.107 e. The third kappa shape index (κ3) is 1.76. The quantitative estimate of drug-likeness (QED) is 0.480. The van der Waals surface area contributed by atoms with Gasteiger partial charge in [-0.2, -0.15) is 0 Å². The molecule has 0 aromatic heterocycles. The van der Waals surface area contributed by atoms with Crippen LogP contribution < -0.4 is 0 Å². The van der Waals surface area contributed by atoms with E-state index in [9.17, 15) is 0 Å². The molecular formula is C9H13B. The standard InChI is InChI=1S/C9H13B/c1-7(2)8-4-3-5-9(10)6-8/h4,6-7H,3,5H2,1-2H3. The fraction of sp³-hybridized carbons (Fsp3) is 0.556. The van der Waals surface area contributed by atoms with Crippen LogP contribution in [0.4, 0.5) is 0 Å². The van der Waals surface area contributed by atoms with Gasteiger partial charge in [0.05, 0.1) is 0 Å². The third-order valence-corrected chi connectivity index (χ3v) is 1.83. The molecule has 0 amide bonds. The first-order valence-electron chi connectivity index (χ1n) is 3.86. The Morgan fingerprint density at radius 1 is 1.50 bits per heavy atom. The van der Waals surface area contributed by atoms with Crippen molar-refractivity contribution in [3.8, 4) is 0 Å². The summed E-state index contributed by atoms with van der Waals surface area (Å²) in [6.45, 7) is 4.39. The molecule has 2 radical (unpaired) electrons. The van der Waals surface area contributed by atoms with Gasteiger partial charge >= 0.3 is 0 Å². The minimum Gasteiger partial charge on any atom is -0.117 e. The van der Waals surface area contributed by atoms with Gasteiger partial charge in [0, 0.05) is 0 Å². The van der Waals surface area contributed by atoms with Crippen LogP contribution in [0, 0.1) is 5.92 Å². The Labute approximate surface area is 64.4 Å². The second-order valence-electron chi connectivity index (χ2n) is 3.12. The molecule has 0 atom stereocenters. The maximum atomic E-state index is 5.68. The van der Waals surface area contributed by atoms with Gasteiger partial charge in [0.2, 0.25) is 0 Å². The van der Waals surface area contributed by atoms with E-state index in [-0.39, 0.29) is 0 Å². The monoisotopic (exact) mass is 132 g/mol. The lowest BCUT2D eigenvalue weighted by Gasteiger charge is -2.13. The highest BCUT2D eigenvalue weighted by molar-refractivity contribution is 6.21. The van der Waals surface area contributed by atoms with E-state index in [2.05, 4.69) is 26.0 Å². The van der Waals surface area contributed by atoms with Crippen LogP contribution >= 0.6 is 0 Å². The first-order chi connectivity index (χ1) is 4.70. The molecule has 0 bridgehead atoms. The molecule has 0 unspecified atom stereocenters. The molecule has 0 spiro atoms. The van der Waals surface area contributed by atoms with Crippen molar-refractivity contribution >= 4 is 7.85 Å². The molecule has 52 valence electrons. The molecule has 1 aliphatic carbocycles. The van der Waals surface area contributed by atoms with Crippen molar-refractivity contribution in [3.05, 3.63) is 23.2 Å². The molecule has 0 N–H and O–H groups in total. The van der Waals surface area contributed by atoms with E-state index < -0.39 is 0 Å². The molecule has 1 heteroatoms. The highest BCUT2D eigenvalue weighted by atomic mass is 14.1. The maximum absolute atomic E-state index is 5.68. The van der Waals surface area contributed by atoms with Crippen molar-refractivity contribution in [3.63, 3.8) is 0 Å². The lowest BCUT2D eigenvalue weighted by Crippen LogP contribution is -1.97. The Bertz CT molecular complexity index is 175. The van der Waals surface area contributed by atoms with Crippen LogP contribution in [-0.2, 0) is 0 Å². The van der Waals surface area contributed by atoms with E-state index in [1.165, 1.54) is 5.57 Å². The van der Waals surface area contributed by atoms with Crippen molar-refractivity contribution < 1.29 is 0 Å². The summed E-state index contributed by atoms with van der Waals surface area (Å²) in [6, 6.07) is 0. The fourth-order valence-electron chi connectivity index (χ4n) is 1.15. The van der Waals surface area contributed by atoms with E-state index in [1.807, 2.05) is 0 Å². The summed E-state index contributed by atoms with van der Waals surface area (Å²) in [4.78, 5) is 0.